The molecule has 0 spiro atoms. The molecule has 1 aromatic carbocycles. The molecule has 5 amide bonds. The highest BCUT2D eigenvalue weighted by atomic mass is 16.2. The topological polar surface area (TPSA) is 111 Å². The van der Waals surface area contributed by atoms with Crippen molar-refractivity contribution in [3.63, 3.8) is 0 Å². The zero-order valence-corrected chi connectivity index (χ0v) is 16.8. The van der Waals surface area contributed by atoms with Crippen LogP contribution >= 0.6 is 0 Å². The van der Waals surface area contributed by atoms with Crippen molar-refractivity contribution in [1.29, 1.82) is 0 Å². The van der Waals surface area contributed by atoms with Gasteiger partial charge < -0.3 is 10.6 Å². The highest BCUT2D eigenvalue weighted by Gasteiger charge is 2.49. The van der Waals surface area contributed by atoms with Crippen molar-refractivity contribution in [1.82, 2.24) is 26.0 Å². The SMILES string of the molecule is CN(CC(=O)NN1C(=O)NC(C)(c2ccccc2)C1=O)CC(=O)NC(C)(C)C. The first-order valence-corrected chi connectivity index (χ1v) is 8.93. The predicted molar refractivity (Wildman–Crippen MR) is 103 cm³/mol. The summed E-state index contributed by atoms with van der Waals surface area (Å²) in [5, 5.41) is 6.09. The molecule has 1 fully saturated rings. The Bertz CT molecular complexity index is 774. The number of urea groups is 1. The minimum atomic E-state index is -1.26. The van der Waals surface area contributed by atoms with Gasteiger partial charge in [-0.1, -0.05) is 30.3 Å². The van der Waals surface area contributed by atoms with E-state index in [2.05, 4.69) is 16.1 Å². The molecular formula is C19H27N5O4. The number of carbonyl (C=O) groups excluding carboxylic acids is 4. The number of benzene rings is 1. The highest BCUT2D eigenvalue weighted by molar-refractivity contribution is 6.08. The fourth-order valence-electron chi connectivity index (χ4n) is 2.87. The standard InChI is InChI=1S/C19H27N5O4/c1-18(2,3)20-14(25)11-23(5)12-15(26)22-24-16(27)19(4,21-17(24)28)13-9-7-6-8-10-13/h6-10H,11-12H2,1-5H3,(H,20,25)(H,21,28)(H,22,26). The monoisotopic (exact) mass is 389 g/mol. The van der Waals surface area contributed by atoms with Gasteiger partial charge in [-0.3, -0.25) is 24.7 Å². The lowest BCUT2D eigenvalue weighted by molar-refractivity contribution is -0.139. The molecule has 9 heteroatoms. The van der Waals surface area contributed by atoms with E-state index in [1.807, 2.05) is 20.8 Å². The molecule has 152 valence electrons. The summed E-state index contributed by atoms with van der Waals surface area (Å²) in [6, 6.07) is 8.07. The van der Waals surface area contributed by atoms with E-state index in [1.54, 1.807) is 44.3 Å². The molecule has 0 aromatic heterocycles. The van der Waals surface area contributed by atoms with Gasteiger partial charge in [-0.05, 0) is 40.3 Å². The number of hydrogen-bond donors (Lipinski definition) is 3. The van der Waals surface area contributed by atoms with Crippen molar-refractivity contribution >= 4 is 23.8 Å². The van der Waals surface area contributed by atoms with Crippen molar-refractivity contribution in [2.75, 3.05) is 20.1 Å². The third-order valence-electron chi connectivity index (χ3n) is 4.12. The molecule has 0 radical (unpaired) electrons. The first-order chi connectivity index (χ1) is 12.9. The second-order valence-corrected chi connectivity index (χ2v) is 8.07. The van der Waals surface area contributed by atoms with Crippen molar-refractivity contribution in [3.05, 3.63) is 35.9 Å². The maximum absolute atomic E-state index is 12.7. The molecule has 1 heterocycles. The van der Waals surface area contributed by atoms with Crippen LogP contribution in [0.25, 0.3) is 0 Å². The molecule has 0 saturated carbocycles. The van der Waals surface area contributed by atoms with Crippen molar-refractivity contribution < 1.29 is 19.2 Å². The number of nitrogens with one attached hydrogen (secondary N) is 3. The minimum absolute atomic E-state index is 0.00651. The summed E-state index contributed by atoms with van der Waals surface area (Å²) < 4.78 is 0. The van der Waals surface area contributed by atoms with Crippen LogP contribution in [-0.4, -0.2) is 59.3 Å². The van der Waals surface area contributed by atoms with Crippen LogP contribution in [0, 0.1) is 0 Å². The Kier molecular flexibility index (Phi) is 6.08. The third-order valence-corrected chi connectivity index (χ3v) is 4.12. The molecular weight excluding hydrogens is 362 g/mol. The average Bonchev–Trinajstić information content (AvgIpc) is 2.78. The lowest BCUT2D eigenvalue weighted by Gasteiger charge is -2.24. The number of hydrazine groups is 1. The molecule has 2 rings (SSSR count). The van der Waals surface area contributed by atoms with Gasteiger partial charge in [0.25, 0.3) is 11.8 Å². The summed E-state index contributed by atoms with van der Waals surface area (Å²) in [7, 11) is 1.60. The van der Waals surface area contributed by atoms with Crippen LogP contribution in [0.2, 0.25) is 0 Å². The van der Waals surface area contributed by atoms with Gasteiger partial charge in [-0.2, -0.15) is 5.01 Å². The van der Waals surface area contributed by atoms with E-state index in [1.165, 1.54) is 4.90 Å². The third kappa shape index (κ3) is 5.07. The summed E-state index contributed by atoms with van der Waals surface area (Å²) in [4.78, 5) is 50.7. The van der Waals surface area contributed by atoms with E-state index in [0.29, 0.717) is 10.6 Å². The number of imide groups is 1. The molecule has 1 unspecified atom stereocenters. The number of hydrogen-bond acceptors (Lipinski definition) is 5. The Morgan fingerprint density at radius 3 is 2.25 bits per heavy atom. The Morgan fingerprint density at radius 2 is 1.68 bits per heavy atom. The van der Waals surface area contributed by atoms with E-state index in [0.717, 1.165) is 0 Å². The summed E-state index contributed by atoms with van der Waals surface area (Å²) in [5.41, 5.74) is 1.29. The normalized spacial score (nSPS) is 19.6. The molecule has 9 nitrogen and oxygen atoms in total. The minimum Gasteiger partial charge on any atom is -0.350 e. The zero-order valence-electron chi connectivity index (χ0n) is 16.8. The van der Waals surface area contributed by atoms with Gasteiger partial charge >= 0.3 is 6.03 Å². The first kappa shape index (κ1) is 21.4. The van der Waals surface area contributed by atoms with Gasteiger partial charge in [0.15, 0.2) is 0 Å². The summed E-state index contributed by atoms with van der Waals surface area (Å²) >= 11 is 0. The van der Waals surface area contributed by atoms with E-state index >= 15 is 0 Å². The van der Waals surface area contributed by atoms with E-state index in [-0.39, 0.29) is 24.5 Å². The van der Waals surface area contributed by atoms with E-state index < -0.39 is 23.4 Å². The Morgan fingerprint density at radius 1 is 1.11 bits per heavy atom. The fourth-order valence-corrected chi connectivity index (χ4v) is 2.87. The number of amides is 5. The van der Waals surface area contributed by atoms with E-state index in [4.69, 9.17) is 0 Å². The van der Waals surface area contributed by atoms with Crippen LogP contribution in [0.4, 0.5) is 4.79 Å². The molecule has 1 aliphatic heterocycles. The number of rotatable bonds is 6. The highest BCUT2D eigenvalue weighted by Crippen LogP contribution is 2.27. The fraction of sp³-hybridized carbons (Fsp3) is 0.474. The van der Waals surface area contributed by atoms with Crippen LogP contribution in [0.3, 0.4) is 0 Å². The van der Waals surface area contributed by atoms with Gasteiger partial charge in [-0.25, -0.2) is 4.79 Å². The molecule has 28 heavy (non-hydrogen) atoms. The number of carbonyl (C=O) groups is 4. The number of nitrogens with zero attached hydrogens (tertiary/aromatic N) is 2. The predicted octanol–water partition coefficient (Wildman–Crippen LogP) is 0.331. The maximum Gasteiger partial charge on any atom is 0.344 e. The van der Waals surface area contributed by atoms with Crippen LogP contribution in [0.5, 0.6) is 0 Å². The largest absolute Gasteiger partial charge is 0.350 e. The van der Waals surface area contributed by atoms with Gasteiger partial charge in [-0.15, -0.1) is 0 Å². The molecule has 1 aliphatic rings. The van der Waals surface area contributed by atoms with Gasteiger partial charge in [0, 0.05) is 5.54 Å². The molecule has 3 N–H and O–H groups in total. The first-order valence-electron chi connectivity index (χ1n) is 8.93. The Labute approximate surface area is 164 Å². The zero-order chi connectivity index (χ0) is 21.1. The Hall–Kier alpha value is -2.94. The van der Waals surface area contributed by atoms with Gasteiger partial charge in [0.1, 0.15) is 5.54 Å². The lowest BCUT2D eigenvalue weighted by atomic mass is 9.92. The van der Waals surface area contributed by atoms with Crippen molar-refractivity contribution in [2.24, 2.45) is 0 Å². The summed E-state index contributed by atoms with van der Waals surface area (Å²) in [6.07, 6.45) is 0. The maximum atomic E-state index is 12.7. The van der Waals surface area contributed by atoms with Gasteiger partial charge in [0.2, 0.25) is 5.91 Å². The summed E-state index contributed by atoms with van der Waals surface area (Å²) in [6.45, 7) is 7.01. The second-order valence-electron chi connectivity index (χ2n) is 8.07. The van der Waals surface area contributed by atoms with Crippen molar-refractivity contribution in [2.45, 2.75) is 38.8 Å². The Balaban J connectivity index is 1.96. The van der Waals surface area contributed by atoms with Crippen LogP contribution < -0.4 is 16.1 Å². The van der Waals surface area contributed by atoms with Crippen LogP contribution in [0.15, 0.2) is 30.3 Å². The molecule has 1 saturated heterocycles. The smallest absolute Gasteiger partial charge is 0.344 e. The van der Waals surface area contributed by atoms with Gasteiger partial charge in [0.05, 0.1) is 13.1 Å². The molecule has 0 bridgehead atoms. The quantitative estimate of drug-likeness (QED) is 0.608. The average molecular weight is 389 g/mol. The molecule has 0 aliphatic carbocycles. The van der Waals surface area contributed by atoms with Crippen molar-refractivity contribution in [3.8, 4) is 0 Å². The molecule has 1 atom stereocenters. The summed E-state index contributed by atoms with van der Waals surface area (Å²) in [5.74, 6) is -1.38. The van der Waals surface area contributed by atoms with Crippen LogP contribution in [-0.2, 0) is 19.9 Å². The lowest BCUT2D eigenvalue weighted by Crippen LogP contribution is -2.51. The number of likely N-dealkylation sites (N-methyl/N-ethyl adjacent to an activating group) is 1. The van der Waals surface area contributed by atoms with E-state index in [9.17, 15) is 19.2 Å². The molecule has 1 aromatic rings. The van der Waals surface area contributed by atoms with Crippen LogP contribution in [0.1, 0.15) is 33.3 Å². The second kappa shape index (κ2) is 7.97.